The summed E-state index contributed by atoms with van der Waals surface area (Å²) < 4.78 is 0. The Morgan fingerprint density at radius 1 is 1.67 bits per heavy atom. The van der Waals surface area contributed by atoms with Crippen molar-refractivity contribution in [2.75, 3.05) is 5.75 Å². The van der Waals surface area contributed by atoms with Gasteiger partial charge in [0.2, 0.25) is 0 Å². The Kier molecular flexibility index (Phi) is 3.34. The summed E-state index contributed by atoms with van der Waals surface area (Å²) in [5, 5.41) is 0.682. The lowest BCUT2D eigenvalue weighted by atomic mass is 10.2. The molecular weight excluding hydrogens is 148 g/mol. The van der Waals surface area contributed by atoms with Crippen molar-refractivity contribution < 1.29 is 0 Å². The van der Waals surface area contributed by atoms with Gasteiger partial charge in [-0.3, -0.25) is 0 Å². The van der Waals surface area contributed by atoms with E-state index < -0.39 is 0 Å². The van der Waals surface area contributed by atoms with E-state index in [1.54, 1.807) is 0 Å². The summed E-state index contributed by atoms with van der Waals surface area (Å²) in [6, 6.07) is 0. The van der Waals surface area contributed by atoms with E-state index in [1.807, 2.05) is 21.6 Å². The van der Waals surface area contributed by atoms with Crippen LogP contribution in [-0.4, -0.2) is 11.0 Å². The molecule has 0 spiro atoms. The molecule has 1 aliphatic heterocycles. The summed E-state index contributed by atoms with van der Waals surface area (Å²) in [5.74, 6) is 1.31. The molecule has 1 fully saturated rings. The highest BCUT2D eigenvalue weighted by Gasteiger charge is 2.10. The molecule has 0 aromatic carbocycles. The Labute approximate surface area is 64.2 Å². The first-order valence-corrected chi connectivity index (χ1v) is 5.46. The van der Waals surface area contributed by atoms with Gasteiger partial charge in [-0.05, 0) is 18.9 Å². The van der Waals surface area contributed by atoms with Crippen LogP contribution in [0.25, 0.3) is 0 Å². The molecule has 1 atom stereocenters. The van der Waals surface area contributed by atoms with Crippen LogP contribution in [0.3, 0.4) is 0 Å². The average molecular weight is 158 g/mol. The Morgan fingerprint density at radius 3 is 3.11 bits per heavy atom. The van der Waals surface area contributed by atoms with E-state index in [1.165, 1.54) is 18.6 Å². The number of hydrogen-bond acceptors (Lipinski definition) is 2. The summed E-state index contributed by atoms with van der Waals surface area (Å²) in [6.07, 6.45) is 4.72. The van der Waals surface area contributed by atoms with E-state index in [2.05, 4.69) is 18.4 Å². The van der Waals surface area contributed by atoms with Crippen molar-refractivity contribution in [1.82, 2.24) is 0 Å². The topological polar surface area (TPSA) is 0 Å². The molecule has 1 rings (SSSR count). The molecule has 9 heavy (non-hydrogen) atoms. The van der Waals surface area contributed by atoms with Gasteiger partial charge in [0.25, 0.3) is 0 Å². The molecule has 0 aromatic rings. The Morgan fingerprint density at radius 2 is 2.56 bits per heavy atom. The SMILES string of the molecule is C=C=CC1CCCSS1. The molecule has 2 heteroatoms. The van der Waals surface area contributed by atoms with Gasteiger partial charge in [0.15, 0.2) is 0 Å². The molecule has 1 aliphatic rings. The molecule has 0 aliphatic carbocycles. The Hall–Kier alpha value is 0.220. The van der Waals surface area contributed by atoms with E-state index >= 15 is 0 Å². The third kappa shape index (κ3) is 2.53. The van der Waals surface area contributed by atoms with Crippen LogP contribution >= 0.6 is 21.6 Å². The Bertz CT molecular complexity index is 119. The molecule has 0 amide bonds. The predicted octanol–water partition coefficient (Wildman–Crippen LogP) is 2.87. The molecule has 0 aromatic heterocycles. The van der Waals surface area contributed by atoms with Crippen LogP contribution in [0.1, 0.15) is 12.8 Å². The quantitative estimate of drug-likeness (QED) is 0.425. The average Bonchev–Trinajstić information content (AvgIpc) is 1.91. The maximum absolute atomic E-state index is 3.55. The van der Waals surface area contributed by atoms with E-state index in [4.69, 9.17) is 0 Å². The zero-order valence-corrected chi connectivity index (χ0v) is 6.93. The van der Waals surface area contributed by atoms with Crippen LogP contribution in [0, 0.1) is 0 Å². The minimum atomic E-state index is 0.682. The van der Waals surface area contributed by atoms with Crippen molar-refractivity contribution >= 4 is 21.6 Å². The second-order valence-electron chi connectivity index (χ2n) is 1.97. The predicted molar refractivity (Wildman–Crippen MR) is 46.8 cm³/mol. The molecule has 0 saturated carbocycles. The summed E-state index contributed by atoms with van der Waals surface area (Å²) in [4.78, 5) is 0. The van der Waals surface area contributed by atoms with Crippen molar-refractivity contribution in [2.24, 2.45) is 0 Å². The van der Waals surface area contributed by atoms with Gasteiger partial charge in [-0.2, -0.15) is 0 Å². The van der Waals surface area contributed by atoms with E-state index in [0.29, 0.717) is 5.25 Å². The van der Waals surface area contributed by atoms with Gasteiger partial charge >= 0.3 is 0 Å². The second-order valence-corrected chi connectivity index (χ2v) is 4.70. The first-order chi connectivity index (χ1) is 4.43. The van der Waals surface area contributed by atoms with E-state index in [0.717, 1.165) is 0 Å². The zero-order chi connectivity index (χ0) is 6.53. The summed E-state index contributed by atoms with van der Waals surface area (Å²) >= 11 is 0. The first kappa shape index (κ1) is 7.33. The lowest BCUT2D eigenvalue weighted by Gasteiger charge is -2.15. The molecule has 0 N–H and O–H groups in total. The first-order valence-electron chi connectivity index (χ1n) is 3.07. The standard InChI is InChI=1S/C7H10S2/c1-2-4-7-5-3-6-8-9-7/h4,7H,1,3,5-6H2. The van der Waals surface area contributed by atoms with Crippen LogP contribution in [0.15, 0.2) is 18.4 Å². The number of hydrogen-bond donors (Lipinski definition) is 0. The highest BCUT2D eigenvalue weighted by molar-refractivity contribution is 8.77. The molecule has 50 valence electrons. The van der Waals surface area contributed by atoms with Crippen LogP contribution < -0.4 is 0 Å². The fourth-order valence-corrected chi connectivity index (χ4v) is 3.36. The van der Waals surface area contributed by atoms with Gasteiger partial charge in [-0.25, -0.2) is 0 Å². The van der Waals surface area contributed by atoms with Crippen LogP contribution in [0.2, 0.25) is 0 Å². The maximum atomic E-state index is 3.55. The molecule has 0 nitrogen and oxygen atoms in total. The molecule has 1 saturated heterocycles. The number of rotatable bonds is 1. The van der Waals surface area contributed by atoms with Crippen molar-refractivity contribution in [3.05, 3.63) is 18.4 Å². The summed E-state index contributed by atoms with van der Waals surface area (Å²) in [6.45, 7) is 3.55. The van der Waals surface area contributed by atoms with Crippen molar-refractivity contribution in [2.45, 2.75) is 18.1 Å². The molecule has 0 bridgehead atoms. The van der Waals surface area contributed by atoms with Gasteiger partial charge in [-0.15, -0.1) is 5.73 Å². The van der Waals surface area contributed by atoms with Gasteiger partial charge in [0.1, 0.15) is 0 Å². The summed E-state index contributed by atoms with van der Waals surface area (Å²) in [5.41, 5.74) is 2.83. The van der Waals surface area contributed by atoms with Crippen molar-refractivity contribution in [3.63, 3.8) is 0 Å². The smallest absolute Gasteiger partial charge is 0.0405 e. The Balaban J connectivity index is 2.31. The van der Waals surface area contributed by atoms with Crippen molar-refractivity contribution in [3.8, 4) is 0 Å². The fraction of sp³-hybridized carbons (Fsp3) is 0.571. The molecule has 0 radical (unpaired) electrons. The minimum absolute atomic E-state index is 0.682. The highest BCUT2D eigenvalue weighted by Crippen LogP contribution is 2.35. The summed E-state index contributed by atoms with van der Waals surface area (Å²) in [7, 11) is 3.91. The van der Waals surface area contributed by atoms with Crippen molar-refractivity contribution in [1.29, 1.82) is 0 Å². The maximum Gasteiger partial charge on any atom is 0.0405 e. The normalized spacial score (nSPS) is 26.9. The van der Waals surface area contributed by atoms with Gasteiger partial charge in [0.05, 0.1) is 0 Å². The zero-order valence-electron chi connectivity index (χ0n) is 5.30. The molecular formula is C7H10S2. The molecule has 1 unspecified atom stereocenters. The lowest BCUT2D eigenvalue weighted by Crippen LogP contribution is -2.01. The second kappa shape index (κ2) is 4.10. The van der Waals surface area contributed by atoms with E-state index in [-0.39, 0.29) is 0 Å². The monoisotopic (exact) mass is 158 g/mol. The van der Waals surface area contributed by atoms with Gasteiger partial charge in [-0.1, -0.05) is 28.2 Å². The fourth-order valence-electron chi connectivity index (χ4n) is 0.770. The van der Waals surface area contributed by atoms with Gasteiger partial charge < -0.3 is 0 Å². The minimum Gasteiger partial charge on any atom is -0.132 e. The van der Waals surface area contributed by atoms with Crippen LogP contribution in [-0.2, 0) is 0 Å². The third-order valence-electron chi connectivity index (χ3n) is 1.21. The van der Waals surface area contributed by atoms with Crippen LogP contribution in [0.5, 0.6) is 0 Å². The largest absolute Gasteiger partial charge is 0.132 e. The molecule has 1 heterocycles. The van der Waals surface area contributed by atoms with E-state index in [9.17, 15) is 0 Å². The van der Waals surface area contributed by atoms with Crippen LogP contribution in [0.4, 0.5) is 0 Å². The van der Waals surface area contributed by atoms with Gasteiger partial charge in [0, 0.05) is 11.0 Å². The highest BCUT2D eigenvalue weighted by atomic mass is 33.1. The third-order valence-corrected chi connectivity index (χ3v) is 4.07. The lowest BCUT2D eigenvalue weighted by molar-refractivity contribution is 0.835.